The summed E-state index contributed by atoms with van der Waals surface area (Å²) >= 11 is 3.07. The molecule has 0 aromatic carbocycles. The number of hydrogen-bond acceptors (Lipinski definition) is 7. The van der Waals surface area contributed by atoms with E-state index in [0.29, 0.717) is 6.42 Å². The highest BCUT2D eigenvalue weighted by atomic mass is 32.2. The van der Waals surface area contributed by atoms with Gasteiger partial charge in [0.2, 0.25) is 5.13 Å². The highest BCUT2D eigenvalue weighted by Gasteiger charge is 2.33. The molecule has 0 aliphatic rings. The molecule has 0 bridgehead atoms. The van der Waals surface area contributed by atoms with Gasteiger partial charge in [-0.25, -0.2) is 0 Å². The van der Waals surface area contributed by atoms with E-state index < -0.39 is 11.5 Å². The molecule has 0 radical (unpaired) electrons. The molecule has 0 aliphatic carbocycles. The topological polar surface area (TPSA) is 78.4 Å². The number of likely N-dealkylation sites (N-methyl/N-ethyl adjacent to an activating group) is 1. The van der Waals surface area contributed by atoms with E-state index in [1.165, 1.54) is 11.3 Å². The highest BCUT2D eigenvalue weighted by Crippen LogP contribution is 2.33. The summed E-state index contributed by atoms with van der Waals surface area (Å²) < 4.78 is 0.861. The fraction of sp³-hybridized carbons (Fsp3) is 0.727. The Morgan fingerprint density at radius 1 is 1.58 bits per heavy atom. The Bertz CT molecular complexity index is 438. The van der Waals surface area contributed by atoms with Gasteiger partial charge in [-0.3, -0.25) is 4.79 Å². The van der Waals surface area contributed by atoms with Crippen LogP contribution in [-0.2, 0) is 4.79 Å². The van der Waals surface area contributed by atoms with Gasteiger partial charge >= 0.3 is 5.97 Å². The molecule has 0 aliphatic heterocycles. The number of carboxylic acid groups (broad SMARTS) is 1. The summed E-state index contributed by atoms with van der Waals surface area (Å²) in [5.41, 5.74) is -0.915. The summed E-state index contributed by atoms with van der Waals surface area (Å²) in [7, 11) is 5.50. The highest BCUT2D eigenvalue weighted by molar-refractivity contribution is 8.01. The van der Waals surface area contributed by atoms with E-state index in [4.69, 9.17) is 0 Å². The Labute approximate surface area is 121 Å². The SMILES string of the molecule is CNC(C)(CC(C)Sc1nnc(N(C)C)s1)C(=O)O. The third kappa shape index (κ3) is 4.32. The van der Waals surface area contributed by atoms with Crippen LogP contribution in [0.25, 0.3) is 0 Å². The van der Waals surface area contributed by atoms with Crippen molar-refractivity contribution in [3.05, 3.63) is 0 Å². The van der Waals surface area contributed by atoms with Crippen molar-refractivity contribution in [1.29, 1.82) is 0 Å². The van der Waals surface area contributed by atoms with Gasteiger partial charge in [-0.1, -0.05) is 30.0 Å². The molecule has 2 atom stereocenters. The van der Waals surface area contributed by atoms with Crippen LogP contribution in [0.15, 0.2) is 4.34 Å². The smallest absolute Gasteiger partial charge is 0.323 e. The summed E-state index contributed by atoms with van der Waals surface area (Å²) in [5, 5.41) is 21.2. The van der Waals surface area contributed by atoms with Gasteiger partial charge in [0.25, 0.3) is 0 Å². The molecule has 1 rings (SSSR count). The zero-order chi connectivity index (χ0) is 14.6. The molecule has 108 valence electrons. The van der Waals surface area contributed by atoms with Crippen LogP contribution in [-0.4, -0.2) is 53.2 Å². The monoisotopic (exact) mass is 304 g/mol. The number of hydrogen-bond donors (Lipinski definition) is 2. The first-order chi connectivity index (χ1) is 8.78. The van der Waals surface area contributed by atoms with Crippen LogP contribution in [0.2, 0.25) is 0 Å². The lowest BCUT2D eigenvalue weighted by molar-refractivity contribution is -0.144. The molecule has 0 saturated carbocycles. The van der Waals surface area contributed by atoms with Gasteiger partial charge in [-0.05, 0) is 20.4 Å². The maximum Gasteiger partial charge on any atom is 0.323 e. The van der Waals surface area contributed by atoms with Crippen LogP contribution in [0.1, 0.15) is 20.3 Å². The number of nitrogens with zero attached hydrogens (tertiary/aromatic N) is 3. The molecule has 19 heavy (non-hydrogen) atoms. The largest absolute Gasteiger partial charge is 0.480 e. The molecule has 1 heterocycles. The number of aromatic nitrogens is 2. The summed E-state index contributed by atoms with van der Waals surface area (Å²) in [6.07, 6.45) is 0.514. The van der Waals surface area contributed by atoms with Crippen LogP contribution in [0.4, 0.5) is 5.13 Å². The Kier molecular flexibility index (Phi) is 5.57. The van der Waals surface area contributed by atoms with Gasteiger partial charge in [0.05, 0.1) is 0 Å². The lowest BCUT2D eigenvalue weighted by atomic mass is 9.97. The van der Waals surface area contributed by atoms with Gasteiger partial charge in [0, 0.05) is 19.3 Å². The van der Waals surface area contributed by atoms with Crippen LogP contribution >= 0.6 is 23.1 Å². The fourth-order valence-corrected chi connectivity index (χ4v) is 3.78. The number of thioether (sulfide) groups is 1. The summed E-state index contributed by atoms with van der Waals surface area (Å²) in [4.78, 5) is 13.1. The minimum absolute atomic E-state index is 0.136. The first kappa shape index (κ1) is 16.2. The van der Waals surface area contributed by atoms with Crippen molar-refractivity contribution in [1.82, 2.24) is 15.5 Å². The summed E-state index contributed by atoms with van der Waals surface area (Å²) in [6.45, 7) is 3.69. The quantitative estimate of drug-likeness (QED) is 0.740. The zero-order valence-electron chi connectivity index (χ0n) is 11.8. The Hall–Kier alpha value is -0.860. The lowest BCUT2D eigenvalue weighted by Gasteiger charge is -2.26. The van der Waals surface area contributed by atoms with Crippen LogP contribution < -0.4 is 10.2 Å². The van der Waals surface area contributed by atoms with Gasteiger partial charge in [-0.15, -0.1) is 10.2 Å². The maximum absolute atomic E-state index is 11.2. The van der Waals surface area contributed by atoms with Crippen molar-refractivity contribution in [3.8, 4) is 0 Å². The van der Waals surface area contributed by atoms with E-state index in [0.717, 1.165) is 9.47 Å². The fourth-order valence-electron chi connectivity index (χ4n) is 1.52. The van der Waals surface area contributed by atoms with Crippen molar-refractivity contribution in [2.45, 2.75) is 35.4 Å². The van der Waals surface area contributed by atoms with Crippen LogP contribution in [0, 0.1) is 0 Å². The van der Waals surface area contributed by atoms with E-state index in [1.54, 1.807) is 25.7 Å². The van der Waals surface area contributed by atoms with Gasteiger partial charge in [-0.2, -0.15) is 0 Å². The molecule has 0 spiro atoms. The minimum Gasteiger partial charge on any atom is -0.480 e. The number of carbonyl (C=O) groups is 1. The predicted molar refractivity (Wildman–Crippen MR) is 79.3 cm³/mol. The van der Waals surface area contributed by atoms with Gasteiger partial charge < -0.3 is 15.3 Å². The summed E-state index contributed by atoms with van der Waals surface area (Å²) in [6, 6.07) is 0. The minimum atomic E-state index is -0.915. The van der Waals surface area contributed by atoms with E-state index in [9.17, 15) is 9.90 Å². The second kappa shape index (κ2) is 6.53. The molecular weight excluding hydrogens is 284 g/mol. The first-order valence-corrected chi connectivity index (χ1v) is 7.58. The standard InChI is InChI=1S/C11H20N4O2S2/c1-7(6-11(2,12-3)8(16)17)18-10-14-13-9(19-10)15(4)5/h7,12H,6H2,1-5H3,(H,16,17). The van der Waals surface area contributed by atoms with Gasteiger partial charge in [0.1, 0.15) is 5.54 Å². The lowest BCUT2D eigenvalue weighted by Crippen LogP contribution is -2.49. The normalized spacial score (nSPS) is 15.8. The molecule has 0 fully saturated rings. The predicted octanol–water partition coefficient (Wildman–Crippen LogP) is 1.54. The van der Waals surface area contributed by atoms with Crippen molar-refractivity contribution < 1.29 is 9.90 Å². The molecule has 1 aromatic heterocycles. The van der Waals surface area contributed by atoms with Crippen LogP contribution in [0.5, 0.6) is 0 Å². The number of carboxylic acids is 1. The molecule has 0 amide bonds. The summed E-state index contributed by atoms with van der Waals surface area (Å²) in [5.74, 6) is -0.839. The Morgan fingerprint density at radius 3 is 2.63 bits per heavy atom. The molecular formula is C11H20N4O2S2. The third-order valence-electron chi connectivity index (χ3n) is 2.80. The molecule has 2 unspecified atom stereocenters. The van der Waals surface area contributed by atoms with E-state index in [1.807, 2.05) is 25.9 Å². The Balaban J connectivity index is 2.64. The van der Waals surface area contributed by atoms with Crippen molar-refractivity contribution >= 4 is 34.2 Å². The van der Waals surface area contributed by atoms with E-state index in [2.05, 4.69) is 15.5 Å². The average Bonchev–Trinajstić information content (AvgIpc) is 2.76. The van der Waals surface area contributed by atoms with Crippen molar-refractivity contribution in [3.63, 3.8) is 0 Å². The molecule has 8 heteroatoms. The van der Waals surface area contributed by atoms with Crippen LogP contribution in [0.3, 0.4) is 0 Å². The number of rotatable bonds is 7. The molecule has 2 N–H and O–H groups in total. The number of aliphatic carboxylic acids is 1. The molecule has 6 nitrogen and oxygen atoms in total. The van der Waals surface area contributed by atoms with E-state index in [-0.39, 0.29) is 5.25 Å². The zero-order valence-corrected chi connectivity index (χ0v) is 13.4. The van der Waals surface area contributed by atoms with Crippen molar-refractivity contribution in [2.24, 2.45) is 0 Å². The molecule has 1 aromatic rings. The third-order valence-corrected chi connectivity index (χ3v) is 5.08. The van der Waals surface area contributed by atoms with Crippen molar-refractivity contribution in [2.75, 3.05) is 26.0 Å². The van der Waals surface area contributed by atoms with Gasteiger partial charge in [0.15, 0.2) is 4.34 Å². The van der Waals surface area contributed by atoms with E-state index >= 15 is 0 Å². The second-order valence-corrected chi connectivity index (χ2v) is 7.41. The average molecular weight is 304 g/mol. The Morgan fingerprint density at radius 2 is 2.21 bits per heavy atom. The number of anilines is 1. The molecule has 0 saturated heterocycles. The number of nitrogens with one attached hydrogen (secondary N) is 1. The second-order valence-electron chi connectivity index (χ2n) is 4.76. The first-order valence-electron chi connectivity index (χ1n) is 5.88. The maximum atomic E-state index is 11.2.